The molecule has 2 heterocycles. The van der Waals surface area contributed by atoms with Crippen molar-refractivity contribution in [3.8, 4) is 11.3 Å². The van der Waals surface area contributed by atoms with E-state index in [0.29, 0.717) is 31.7 Å². The molecule has 0 spiro atoms. The highest BCUT2D eigenvalue weighted by Gasteiger charge is 2.30. The molecule has 2 amide bonds. The Hall–Kier alpha value is -3.35. The average molecular weight is 421 g/mol. The third kappa shape index (κ3) is 5.05. The predicted octanol–water partition coefficient (Wildman–Crippen LogP) is 4.82. The van der Waals surface area contributed by atoms with E-state index < -0.39 is 5.60 Å². The summed E-state index contributed by atoms with van der Waals surface area (Å²) in [4.78, 5) is 26.6. The molecule has 0 atom stereocenters. The first-order valence-electron chi connectivity index (χ1n) is 10.6. The third-order valence-electron chi connectivity index (χ3n) is 5.41. The fraction of sp³-hybridized carbons (Fsp3) is 0.375. The zero-order chi connectivity index (χ0) is 22.0. The maximum Gasteiger partial charge on any atom is 0.410 e. The minimum atomic E-state index is -0.520. The molecule has 0 radical (unpaired) electrons. The highest BCUT2D eigenvalue weighted by atomic mass is 16.6. The SMILES string of the molecule is CC(C)(C)OC(=O)N1CCC(C(=O)Nc2cc(-c3ccc4ccccc4c3)[nH]n2)CC1. The van der Waals surface area contributed by atoms with Crippen LogP contribution in [0.25, 0.3) is 22.0 Å². The van der Waals surface area contributed by atoms with Gasteiger partial charge >= 0.3 is 6.09 Å². The van der Waals surface area contributed by atoms with E-state index in [2.05, 4.69) is 39.8 Å². The van der Waals surface area contributed by atoms with Crippen molar-refractivity contribution in [3.05, 3.63) is 48.5 Å². The molecule has 2 N–H and O–H groups in total. The summed E-state index contributed by atoms with van der Waals surface area (Å²) >= 11 is 0. The summed E-state index contributed by atoms with van der Waals surface area (Å²) in [6.07, 6.45) is 0.888. The number of benzene rings is 2. The molecule has 7 nitrogen and oxygen atoms in total. The van der Waals surface area contributed by atoms with Crippen molar-refractivity contribution >= 4 is 28.6 Å². The maximum absolute atomic E-state index is 12.7. The van der Waals surface area contributed by atoms with Gasteiger partial charge in [0.1, 0.15) is 5.60 Å². The molecule has 1 saturated heterocycles. The summed E-state index contributed by atoms with van der Waals surface area (Å²) in [5, 5.41) is 12.5. The molecule has 3 aromatic rings. The first kappa shape index (κ1) is 20.9. The Morgan fingerprint density at radius 1 is 1.06 bits per heavy atom. The maximum atomic E-state index is 12.7. The Balaban J connectivity index is 1.34. The molecule has 2 aromatic carbocycles. The van der Waals surface area contributed by atoms with Crippen LogP contribution in [0.15, 0.2) is 48.5 Å². The number of carbonyl (C=O) groups excluding carboxylic acids is 2. The number of fused-ring (bicyclic) bond motifs is 1. The largest absolute Gasteiger partial charge is 0.444 e. The zero-order valence-electron chi connectivity index (χ0n) is 18.1. The summed E-state index contributed by atoms with van der Waals surface area (Å²) in [6, 6.07) is 16.2. The van der Waals surface area contributed by atoms with E-state index in [1.165, 1.54) is 5.39 Å². The number of ether oxygens (including phenoxy) is 1. The number of anilines is 1. The molecule has 1 aromatic heterocycles. The summed E-state index contributed by atoms with van der Waals surface area (Å²) in [6.45, 7) is 6.56. The third-order valence-corrected chi connectivity index (χ3v) is 5.41. The number of amides is 2. The number of likely N-dealkylation sites (tertiary alicyclic amines) is 1. The van der Waals surface area contributed by atoms with Gasteiger partial charge in [0.05, 0.1) is 5.69 Å². The zero-order valence-corrected chi connectivity index (χ0v) is 18.1. The van der Waals surface area contributed by atoms with E-state index >= 15 is 0 Å². The Morgan fingerprint density at radius 2 is 1.77 bits per heavy atom. The van der Waals surface area contributed by atoms with E-state index in [1.807, 2.05) is 45.0 Å². The Labute approximate surface area is 181 Å². The summed E-state index contributed by atoms with van der Waals surface area (Å²) < 4.78 is 5.41. The van der Waals surface area contributed by atoms with Crippen LogP contribution < -0.4 is 5.32 Å². The van der Waals surface area contributed by atoms with E-state index in [0.717, 1.165) is 16.6 Å². The van der Waals surface area contributed by atoms with Crippen molar-refractivity contribution in [3.63, 3.8) is 0 Å². The molecule has 4 rings (SSSR count). The number of nitrogens with zero attached hydrogens (tertiary/aromatic N) is 2. The Bertz CT molecular complexity index is 1090. The fourth-order valence-corrected chi connectivity index (χ4v) is 3.77. The van der Waals surface area contributed by atoms with Crippen LogP contribution >= 0.6 is 0 Å². The quantitative estimate of drug-likeness (QED) is 0.636. The number of H-pyrrole nitrogens is 1. The van der Waals surface area contributed by atoms with Gasteiger partial charge in [-0.05, 0) is 50.5 Å². The first-order valence-corrected chi connectivity index (χ1v) is 10.6. The van der Waals surface area contributed by atoms with Crippen LogP contribution in [-0.2, 0) is 9.53 Å². The first-order chi connectivity index (χ1) is 14.8. The van der Waals surface area contributed by atoms with Gasteiger partial charge in [-0.25, -0.2) is 4.79 Å². The van der Waals surface area contributed by atoms with Crippen LogP contribution in [-0.4, -0.2) is 45.8 Å². The number of carbonyl (C=O) groups is 2. The molecule has 1 aliphatic rings. The van der Waals surface area contributed by atoms with Crippen LogP contribution in [0, 0.1) is 5.92 Å². The van der Waals surface area contributed by atoms with Gasteiger partial charge in [0, 0.05) is 30.6 Å². The lowest BCUT2D eigenvalue weighted by atomic mass is 9.96. The lowest BCUT2D eigenvalue weighted by Gasteiger charge is -2.32. The number of hydrogen-bond donors (Lipinski definition) is 2. The van der Waals surface area contributed by atoms with Crippen molar-refractivity contribution in [1.29, 1.82) is 0 Å². The van der Waals surface area contributed by atoms with Crippen LogP contribution in [0.3, 0.4) is 0 Å². The average Bonchev–Trinajstić information content (AvgIpc) is 3.20. The lowest BCUT2D eigenvalue weighted by molar-refractivity contribution is -0.121. The number of rotatable bonds is 3. The molecule has 1 aliphatic heterocycles. The monoisotopic (exact) mass is 420 g/mol. The lowest BCUT2D eigenvalue weighted by Crippen LogP contribution is -2.43. The van der Waals surface area contributed by atoms with E-state index in [4.69, 9.17) is 4.74 Å². The second-order valence-electron chi connectivity index (χ2n) is 8.96. The van der Waals surface area contributed by atoms with Gasteiger partial charge in [-0.1, -0.05) is 36.4 Å². The van der Waals surface area contributed by atoms with Gasteiger partial charge in [-0.15, -0.1) is 0 Å². The number of nitrogens with one attached hydrogen (secondary N) is 2. The fourth-order valence-electron chi connectivity index (χ4n) is 3.77. The van der Waals surface area contributed by atoms with Crippen LogP contribution in [0.2, 0.25) is 0 Å². The normalized spacial score (nSPS) is 15.1. The second-order valence-corrected chi connectivity index (χ2v) is 8.96. The number of hydrogen-bond acceptors (Lipinski definition) is 4. The van der Waals surface area contributed by atoms with Crippen molar-refractivity contribution < 1.29 is 14.3 Å². The highest BCUT2D eigenvalue weighted by Crippen LogP contribution is 2.26. The second kappa shape index (κ2) is 8.41. The van der Waals surface area contributed by atoms with Gasteiger partial charge in [-0.2, -0.15) is 5.10 Å². The number of aromatic amines is 1. The number of piperidine rings is 1. The van der Waals surface area contributed by atoms with Gasteiger partial charge in [-0.3, -0.25) is 9.89 Å². The van der Waals surface area contributed by atoms with Crippen molar-refractivity contribution in [2.24, 2.45) is 5.92 Å². The molecular formula is C24H28N4O3. The predicted molar refractivity (Wildman–Crippen MR) is 121 cm³/mol. The molecular weight excluding hydrogens is 392 g/mol. The molecule has 0 aliphatic carbocycles. The Kier molecular flexibility index (Phi) is 5.67. The minimum Gasteiger partial charge on any atom is -0.444 e. The minimum absolute atomic E-state index is 0.0691. The molecule has 31 heavy (non-hydrogen) atoms. The van der Waals surface area contributed by atoms with Crippen molar-refractivity contribution in [2.75, 3.05) is 18.4 Å². The van der Waals surface area contributed by atoms with Gasteiger partial charge < -0.3 is 15.0 Å². The van der Waals surface area contributed by atoms with Gasteiger partial charge in [0.2, 0.25) is 5.91 Å². The number of aromatic nitrogens is 2. The summed E-state index contributed by atoms with van der Waals surface area (Å²) in [5.74, 6) is 0.280. The molecule has 0 saturated carbocycles. The standard InChI is InChI=1S/C24H28N4O3/c1-24(2,3)31-23(30)28-12-10-17(11-13-28)22(29)25-21-15-20(26-27-21)19-9-8-16-6-4-5-7-18(16)14-19/h4-9,14-15,17H,10-13H2,1-3H3,(H2,25,26,27,29). The highest BCUT2D eigenvalue weighted by molar-refractivity contribution is 5.93. The van der Waals surface area contributed by atoms with Crippen LogP contribution in [0.1, 0.15) is 33.6 Å². The van der Waals surface area contributed by atoms with Crippen molar-refractivity contribution in [2.45, 2.75) is 39.2 Å². The Morgan fingerprint density at radius 3 is 2.48 bits per heavy atom. The van der Waals surface area contributed by atoms with Crippen LogP contribution in [0.4, 0.5) is 10.6 Å². The van der Waals surface area contributed by atoms with Gasteiger partial charge in [0.25, 0.3) is 0 Å². The van der Waals surface area contributed by atoms with Crippen LogP contribution in [0.5, 0.6) is 0 Å². The summed E-state index contributed by atoms with van der Waals surface area (Å²) in [7, 11) is 0. The topological polar surface area (TPSA) is 87.3 Å². The smallest absolute Gasteiger partial charge is 0.410 e. The molecule has 0 bridgehead atoms. The van der Waals surface area contributed by atoms with Crippen molar-refractivity contribution in [1.82, 2.24) is 15.1 Å². The molecule has 1 fully saturated rings. The summed E-state index contributed by atoms with van der Waals surface area (Å²) in [5.41, 5.74) is 1.34. The molecule has 162 valence electrons. The molecule has 0 unspecified atom stereocenters. The molecule has 7 heteroatoms. The van der Waals surface area contributed by atoms with Gasteiger partial charge in [0.15, 0.2) is 5.82 Å². The van der Waals surface area contributed by atoms with E-state index in [9.17, 15) is 9.59 Å². The van der Waals surface area contributed by atoms with E-state index in [1.54, 1.807) is 4.90 Å². The van der Waals surface area contributed by atoms with E-state index in [-0.39, 0.29) is 17.9 Å².